The molecule has 0 aromatic rings. The summed E-state index contributed by atoms with van der Waals surface area (Å²) < 4.78 is 10.4. The van der Waals surface area contributed by atoms with Crippen molar-refractivity contribution in [1.82, 2.24) is 16.0 Å². The van der Waals surface area contributed by atoms with Gasteiger partial charge < -0.3 is 25.4 Å². The molecule has 0 radical (unpaired) electrons. The molecule has 0 saturated heterocycles. The Bertz CT molecular complexity index is 590. The van der Waals surface area contributed by atoms with Crippen LogP contribution in [0.5, 0.6) is 0 Å². The van der Waals surface area contributed by atoms with E-state index in [0.29, 0.717) is 6.42 Å². The summed E-state index contributed by atoms with van der Waals surface area (Å²) in [6.45, 7) is 15.3. The van der Waals surface area contributed by atoms with Gasteiger partial charge in [-0.05, 0) is 60.8 Å². The molecule has 3 amide bonds. The summed E-state index contributed by atoms with van der Waals surface area (Å²) in [5.41, 5.74) is -1.36. The SMILES string of the molecule is CC(C)C[C@H](NC(=O)OC(C)(C)C)C(=O)NCC(=O)N[C@@H](C)C(=O)OC(C)(C)C. The fourth-order valence-electron chi connectivity index (χ4n) is 2.18. The summed E-state index contributed by atoms with van der Waals surface area (Å²) in [5.74, 6) is -1.50. The fourth-order valence-corrected chi connectivity index (χ4v) is 2.18. The van der Waals surface area contributed by atoms with E-state index in [1.165, 1.54) is 6.92 Å². The first-order valence-electron chi connectivity index (χ1n) is 9.79. The van der Waals surface area contributed by atoms with E-state index in [9.17, 15) is 19.2 Å². The summed E-state index contributed by atoms with van der Waals surface area (Å²) >= 11 is 0. The van der Waals surface area contributed by atoms with Gasteiger partial charge in [-0.3, -0.25) is 9.59 Å². The lowest BCUT2D eigenvalue weighted by atomic mass is 10.0. The minimum absolute atomic E-state index is 0.127. The highest BCUT2D eigenvalue weighted by Crippen LogP contribution is 2.10. The van der Waals surface area contributed by atoms with E-state index in [2.05, 4.69) is 16.0 Å². The van der Waals surface area contributed by atoms with Crippen LogP contribution in [-0.2, 0) is 23.9 Å². The third-order valence-electron chi connectivity index (χ3n) is 3.28. The molecular formula is C20H37N3O6. The molecule has 0 unspecified atom stereocenters. The smallest absolute Gasteiger partial charge is 0.408 e. The molecule has 0 fully saturated rings. The number of carbonyl (C=O) groups is 4. The van der Waals surface area contributed by atoms with Gasteiger partial charge in [0.2, 0.25) is 11.8 Å². The van der Waals surface area contributed by atoms with Gasteiger partial charge >= 0.3 is 12.1 Å². The van der Waals surface area contributed by atoms with Crippen LogP contribution in [0.4, 0.5) is 4.79 Å². The Kier molecular flexibility index (Phi) is 10.1. The van der Waals surface area contributed by atoms with Crippen molar-refractivity contribution in [1.29, 1.82) is 0 Å². The van der Waals surface area contributed by atoms with Gasteiger partial charge in [-0.2, -0.15) is 0 Å². The molecule has 0 aliphatic rings. The van der Waals surface area contributed by atoms with Gasteiger partial charge in [-0.1, -0.05) is 13.8 Å². The van der Waals surface area contributed by atoms with Crippen LogP contribution >= 0.6 is 0 Å². The van der Waals surface area contributed by atoms with Crippen molar-refractivity contribution >= 4 is 23.9 Å². The highest BCUT2D eigenvalue weighted by molar-refractivity contribution is 5.91. The van der Waals surface area contributed by atoms with Crippen LogP contribution in [0.1, 0.15) is 68.7 Å². The molecule has 0 rings (SSSR count). The zero-order valence-corrected chi connectivity index (χ0v) is 19.1. The first-order valence-corrected chi connectivity index (χ1v) is 9.79. The second kappa shape index (κ2) is 11.0. The average Bonchev–Trinajstić information content (AvgIpc) is 2.47. The quantitative estimate of drug-likeness (QED) is 0.520. The standard InChI is InChI=1S/C20H37N3O6/c1-12(2)10-14(23-18(27)29-20(7,8)9)16(25)21-11-15(24)22-13(3)17(26)28-19(4,5)6/h12-14H,10-11H2,1-9H3,(H,21,25)(H,22,24)(H,23,27)/t13-,14-/m0/s1. The van der Waals surface area contributed by atoms with E-state index < -0.39 is 47.2 Å². The highest BCUT2D eigenvalue weighted by Gasteiger charge is 2.26. The number of nitrogens with one attached hydrogen (secondary N) is 3. The number of hydrogen-bond donors (Lipinski definition) is 3. The molecule has 0 aliphatic heterocycles. The monoisotopic (exact) mass is 415 g/mol. The second-order valence-corrected chi connectivity index (χ2v) is 9.37. The predicted octanol–water partition coefficient (Wildman–Crippen LogP) is 1.89. The first-order chi connectivity index (χ1) is 13.0. The number of ether oxygens (including phenoxy) is 2. The Morgan fingerprint density at radius 2 is 1.34 bits per heavy atom. The van der Waals surface area contributed by atoms with Gasteiger partial charge in [0.1, 0.15) is 23.3 Å². The van der Waals surface area contributed by atoms with Crippen molar-refractivity contribution in [3.05, 3.63) is 0 Å². The van der Waals surface area contributed by atoms with E-state index in [1.54, 1.807) is 41.5 Å². The van der Waals surface area contributed by atoms with Gasteiger partial charge in [0.05, 0.1) is 6.54 Å². The molecule has 2 atom stereocenters. The summed E-state index contributed by atoms with van der Waals surface area (Å²) in [7, 11) is 0. The Balaban J connectivity index is 4.71. The fraction of sp³-hybridized carbons (Fsp3) is 0.800. The van der Waals surface area contributed by atoms with E-state index in [-0.39, 0.29) is 12.5 Å². The molecule has 0 aromatic heterocycles. The second-order valence-electron chi connectivity index (χ2n) is 9.37. The number of alkyl carbamates (subject to hydrolysis) is 1. The van der Waals surface area contributed by atoms with Gasteiger partial charge in [-0.25, -0.2) is 9.59 Å². The number of hydrogen-bond acceptors (Lipinski definition) is 6. The third kappa shape index (κ3) is 13.5. The molecule has 0 spiro atoms. The van der Waals surface area contributed by atoms with Crippen LogP contribution in [0.3, 0.4) is 0 Å². The normalized spacial score (nSPS) is 13.9. The third-order valence-corrected chi connectivity index (χ3v) is 3.28. The Hall–Kier alpha value is -2.32. The van der Waals surface area contributed by atoms with Crippen LogP contribution in [-0.4, -0.2) is 53.7 Å². The number of rotatable bonds is 8. The zero-order chi connectivity index (χ0) is 23.0. The number of amides is 3. The molecule has 0 aromatic carbocycles. The molecule has 0 bridgehead atoms. The summed E-state index contributed by atoms with van der Waals surface area (Å²) in [5, 5.41) is 7.48. The van der Waals surface area contributed by atoms with E-state index in [0.717, 1.165) is 0 Å². The van der Waals surface area contributed by atoms with Crippen molar-refractivity contribution in [3.63, 3.8) is 0 Å². The lowest BCUT2D eigenvalue weighted by molar-refractivity contribution is -0.158. The Morgan fingerprint density at radius 1 is 0.828 bits per heavy atom. The van der Waals surface area contributed by atoms with Crippen LogP contribution < -0.4 is 16.0 Å². The zero-order valence-electron chi connectivity index (χ0n) is 19.1. The highest BCUT2D eigenvalue weighted by atomic mass is 16.6. The number of esters is 1. The van der Waals surface area contributed by atoms with E-state index in [4.69, 9.17) is 9.47 Å². The average molecular weight is 416 g/mol. The molecule has 0 heterocycles. The van der Waals surface area contributed by atoms with E-state index >= 15 is 0 Å². The Labute approximate surface area is 173 Å². The summed E-state index contributed by atoms with van der Waals surface area (Å²) in [4.78, 5) is 48.4. The molecular weight excluding hydrogens is 378 g/mol. The lowest BCUT2D eigenvalue weighted by Crippen LogP contribution is -2.51. The van der Waals surface area contributed by atoms with Gasteiger partial charge in [-0.15, -0.1) is 0 Å². The van der Waals surface area contributed by atoms with Crippen LogP contribution in [0.25, 0.3) is 0 Å². The van der Waals surface area contributed by atoms with Crippen molar-refractivity contribution in [3.8, 4) is 0 Å². The summed E-state index contributed by atoms with van der Waals surface area (Å²) in [6, 6.07) is -1.70. The van der Waals surface area contributed by atoms with Gasteiger partial charge in [0, 0.05) is 0 Å². The van der Waals surface area contributed by atoms with Crippen molar-refractivity contribution in [2.75, 3.05) is 6.54 Å². The van der Waals surface area contributed by atoms with Gasteiger partial charge in [0.15, 0.2) is 0 Å². The molecule has 3 N–H and O–H groups in total. The maximum Gasteiger partial charge on any atom is 0.408 e. The molecule has 9 heteroatoms. The van der Waals surface area contributed by atoms with Crippen LogP contribution in [0.2, 0.25) is 0 Å². The van der Waals surface area contributed by atoms with Crippen molar-refractivity contribution in [2.45, 2.75) is 92.0 Å². The topological polar surface area (TPSA) is 123 Å². The molecule has 0 aliphatic carbocycles. The predicted molar refractivity (Wildman–Crippen MR) is 109 cm³/mol. The Morgan fingerprint density at radius 3 is 1.79 bits per heavy atom. The van der Waals surface area contributed by atoms with E-state index in [1.807, 2.05) is 13.8 Å². The number of carbonyl (C=O) groups excluding carboxylic acids is 4. The van der Waals surface area contributed by atoms with Crippen LogP contribution in [0, 0.1) is 5.92 Å². The maximum atomic E-state index is 12.4. The minimum atomic E-state index is -0.857. The molecule has 168 valence electrons. The van der Waals surface area contributed by atoms with Crippen LogP contribution in [0.15, 0.2) is 0 Å². The first kappa shape index (κ1) is 26.7. The van der Waals surface area contributed by atoms with Gasteiger partial charge in [0.25, 0.3) is 0 Å². The van der Waals surface area contributed by atoms with Crippen molar-refractivity contribution in [2.24, 2.45) is 5.92 Å². The molecule has 0 saturated carbocycles. The largest absolute Gasteiger partial charge is 0.458 e. The summed E-state index contributed by atoms with van der Waals surface area (Å²) in [6.07, 6.45) is -0.331. The molecule has 9 nitrogen and oxygen atoms in total. The van der Waals surface area contributed by atoms with Crippen molar-refractivity contribution < 1.29 is 28.7 Å². The maximum absolute atomic E-state index is 12.4. The molecule has 29 heavy (non-hydrogen) atoms. The lowest BCUT2D eigenvalue weighted by Gasteiger charge is -2.24. The minimum Gasteiger partial charge on any atom is -0.458 e.